The van der Waals surface area contributed by atoms with Crippen LogP contribution in [0.3, 0.4) is 0 Å². The zero-order chi connectivity index (χ0) is 15.4. The molecular weight excluding hydrogens is 292 g/mol. The van der Waals surface area contributed by atoms with Gasteiger partial charge in [0, 0.05) is 12.1 Å². The second-order valence-corrected chi connectivity index (χ2v) is 5.42. The van der Waals surface area contributed by atoms with Crippen LogP contribution in [0.1, 0.15) is 23.9 Å². The van der Waals surface area contributed by atoms with E-state index in [0.29, 0.717) is 22.2 Å². The minimum Gasteiger partial charge on any atom is -0.493 e. The zero-order valence-electron chi connectivity index (χ0n) is 12.4. The van der Waals surface area contributed by atoms with Crippen LogP contribution in [-0.4, -0.2) is 18.3 Å². The lowest BCUT2D eigenvalue weighted by molar-refractivity contribution is 0.271. The van der Waals surface area contributed by atoms with Crippen LogP contribution in [0.2, 0.25) is 5.02 Å². The summed E-state index contributed by atoms with van der Waals surface area (Å²) in [6, 6.07) is 5.59. The van der Waals surface area contributed by atoms with E-state index in [9.17, 15) is 0 Å². The number of benzene rings is 1. The predicted octanol–water partition coefficient (Wildman–Crippen LogP) is 3.11. The predicted molar refractivity (Wildman–Crippen MR) is 80.9 cm³/mol. The molecule has 1 aromatic heterocycles. The molecule has 5 nitrogen and oxygen atoms in total. The fraction of sp³-hybridized carbons (Fsp3) is 0.400. The van der Waals surface area contributed by atoms with Crippen molar-refractivity contribution in [2.45, 2.75) is 32.9 Å². The van der Waals surface area contributed by atoms with Gasteiger partial charge in [0.05, 0.1) is 12.1 Å². The lowest BCUT2D eigenvalue weighted by Gasteiger charge is -2.14. The molecule has 1 unspecified atom stereocenters. The minimum atomic E-state index is 0.0515. The van der Waals surface area contributed by atoms with Crippen molar-refractivity contribution in [1.29, 1.82) is 0 Å². The zero-order valence-corrected chi connectivity index (χ0v) is 13.1. The Labute approximate surface area is 129 Å². The highest BCUT2D eigenvalue weighted by atomic mass is 35.5. The number of halogens is 1. The molecule has 0 aliphatic carbocycles. The van der Waals surface area contributed by atoms with Gasteiger partial charge in [-0.3, -0.25) is 0 Å². The van der Waals surface area contributed by atoms with Gasteiger partial charge in [-0.1, -0.05) is 16.8 Å². The Bertz CT molecular complexity index is 611. The number of hydrogen-bond acceptors (Lipinski definition) is 5. The van der Waals surface area contributed by atoms with Gasteiger partial charge in [0.25, 0.3) is 0 Å². The average molecular weight is 311 g/mol. The van der Waals surface area contributed by atoms with E-state index < -0.39 is 0 Å². The Morgan fingerprint density at radius 1 is 1.38 bits per heavy atom. The molecule has 114 valence electrons. The molecule has 0 bridgehead atoms. The van der Waals surface area contributed by atoms with Gasteiger partial charge in [0.2, 0.25) is 0 Å². The summed E-state index contributed by atoms with van der Waals surface area (Å²) in [6.07, 6.45) is 0.721. The summed E-state index contributed by atoms with van der Waals surface area (Å²) in [5.41, 5.74) is 7.52. The van der Waals surface area contributed by atoms with Gasteiger partial charge in [-0.05, 0) is 38.0 Å². The molecule has 1 heterocycles. The van der Waals surface area contributed by atoms with Crippen LogP contribution in [0.4, 0.5) is 0 Å². The Balaban J connectivity index is 2.18. The first-order valence-corrected chi connectivity index (χ1v) is 7.04. The SMILES string of the molecule is COc1cc(CC(C)N)cc(Cl)c1OCc1cc(C)on1. The van der Waals surface area contributed by atoms with E-state index in [1.165, 1.54) is 0 Å². The van der Waals surface area contributed by atoms with Crippen molar-refractivity contribution in [3.05, 3.63) is 40.2 Å². The smallest absolute Gasteiger partial charge is 0.180 e. The van der Waals surface area contributed by atoms with Gasteiger partial charge in [-0.25, -0.2) is 0 Å². The molecule has 0 spiro atoms. The Morgan fingerprint density at radius 3 is 2.71 bits per heavy atom. The maximum atomic E-state index is 6.28. The Hall–Kier alpha value is -1.72. The molecule has 0 aliphatic rings. The molecule has 0 radical (unpaired) electrons. The summed E-state index contributed by atoms with van der Waals surface area (Å²) in [7, 11) is 1.58. The lowest BCUT2D eigenvalue weighted by atomic mass is 10.1. The normalized spacial score (nSPS) is 12.2. The van der Waals surface area contributed by atoms with Gasteiger partial charge in [0.15, 0.2) is 11.5 Å². The number of ether oxygens (including phenoxy) is 2. The fourth-order valence-corrected chi connectivity index (χ4v) is 2.32. The molecule has 21 heavy (non-hydrogen) atoms. The molecule has 6 heteroatoms. The van der Waals surface area contributed by atoms with E-state index in [0.717, 1.165) is 17.7 Å². The first kappa shape index (κ1) is 15.7. The number of hydrogen-bond donors (Lipinski definition) is 1. The van der Waals surface area contributed by atoms with E-state index in [-0.39, 0.29) is 12.6 Å². The molecular formula is C15H19ClN2O3. The topological polar surface area (TPSA) is 70.5 Å². The third-order valence-corrected chi connectivity index (χ3v) is 3.17. The van der Waals surface area contributed by atoms with Crippen molar-refractivity contribution in [1.82, 2.24) is 5.16 Å². The van der Waals surface area contributed by atoms with Crippen molar-refractivity contribution >= 4 is 11.6 Å². The highest BCUT2D eigenvalue weighted by Crippen LogP contribution is 2.37. The monoisotopic (exact) mass is 310 g/mol. The van der Waals surface area contributed by atoms with Crippen molar-refractivity contribution in [3.63, 3.8) is 0 Å². The van der Waals surface area contributed by atoms with Crippen molar-refractivity contribution < 1.29 is 14.0 Å². The van der Waals surface area contributed by atoms with E-state index in [1.54, 1.807) is 7.11 Å². The summed E-state index contributed by atoms with van der Waals surface area (Å²) in [5, 5.41) is 4.36. The molecule has 2 aromatic rings. The molecule has 2 N–H and O–H groups in total. The highest BCUT2D eigenvalue weighted by molar-refractivity contribution is 6.32. The van der Waals surface area contributed by atoms with E-state index in [4.69, 9.17) is 31.3 Å². The van der Waals surface area contributed by atoms with Crippen LogP contribution in [0, 0.1) is 6.92 Å². The number of rotatable bonds is 6. The average Bonchev–Trinajstić information content (AvgIpc) is 2.82. The summed E-state index contributed by atoms with van der Waals surface area (Å²) in [4.78, 5) is 0. The number of methoxy groups -OCH3 is 1. The third-order valence-electron chi connectivity index (χ3n) is 2.89. The summed E-state index contributed by atoms with van der Waals surface area (Å²) in [5.74, 6) is 1.81. The van der Waals surface area contributed by atoms with Crippen LogP contribution in [0.25, 0.3) is 0 Å². The van der Waals surface area contributed by atoms with Gasteiger partial charge in [-0.15, -0.1) is 0 Å². The Kier molecular flexibility index (Phi) is 5.09. The van der Waals surface area contributed by atoms with E-state index in [1.807, 2.05) is 32.0 Å². The van der Waals surface area contributed by atoms with E-state index in [2.05, 4.69) is 5.16 Å². The van der Waals surface area contributed by atoms with Crippen molar-refractivity contribution in [3.8, 4) is 11.5 Å². The van der Waals surface area contributed by atoms with Crippen molar-refractivity contribution in [2.75, 3.05) is 7.11 Å². The Morgan fingerprint density at radius 2 is 2.14 bits per heavy atom. The molecule has 0 fully saturated rings. The minimum absolute atomic E-state index is 0.0515. The number of nitrogens with zero attached hydrogens (tertiary/aromatic N) is 1. The van der Waals surface area contributed by atoms with Gasteiger partial charge >= 0.3 is 0 Å². The fourth-order valence-electron chi connectivity index (χ4n) is 2.04. The number of nitrogens with two attached hydrogens (primary N) is 1. The number of aromatic nitrogens is 1. The largest absolute Gasteiger partial charge is 0.493 e. The molecule has 2 rings (SSSR count). The molecule has 1 atom stereocenters. The van der Waals surface area contributed by atoms with Gasteiger partial charge < -0.3 is 19.7 Å². The maximum Gasteiger partial charge on any atom is 0.180 e. The summed E-state index contributed by atoms with van der Waals surface area (Å²) in [6.45, 7) is 4.03. The third kappa shape index (κ3) is 4.12. The highest BCUT2D eigenvalue weighted by Gasteiger charge is 2.14. The summed E-state index contributed by atoms with van der Waals surface area (Å²) < 4.78 is 16.0. The quantitative estimate of drug-likeness (QED) is 0.887. The molecule has 0 saturated heterocycles. The van der Waals surface area contributed by atoms with Crippen LogP contribution < -0.4 is 15.2 Å². The van der Waals surface area contributed by atoms with Crippen LogP contribution in [0.5, 0.6) is 11.5 Å². The number of aryl methyl sites for hydroxylation is 1. The maximum absolute atomic E-state index is 6.28. The van der Waals surface area contributed by atoms with Crippen LogP contribution >= 0.6 is 11.6 Å². The standard InChI is InChI=1S/C15H19ClN2O3/c1-9(17)4-11-6-13(16)15(14(7-11)19-3)20-8-12-5-10(2)21-18-12/h5-7,9H,4,8,17H2,1-3H3. The van der Waals surface area contributed by atoms with E-state index >= 15 is 0 Å². The van der Waals surface area contributed by atoms with Crippen LogP contribution in [-0.2, 0) is 13.0 Å². The lowest BCUT2D eigenvalue weighted by Crippen LogP contribution is -2.17. The van der Waals surface area contributed by atoms with Gasteiger partial charge in [-0.2, -0.15) is 0 Å². The van der Waals surface area contributed by atoms with Gasteiger partial charge in [0.1, 0.15) is 18.1 Å². The summed E-state index contributed by atoms with van der Waals surface area (Å²) >= 11 is 6.28. The first-order valence-electron chi connectivity index (χ1n) is 6.66. The molecule has 0 saturated carbocycles. The second kappa shape index (κ2) is 6.83. The second-order valence-electron chi connectivity index (χ2n) is 5.01. The first-order chi connectivity index (χ1) is 9.99. The molecule has 0 amide bonds. The van der Waals surface area contributed by atoms with Crippen molar-refractivity contribution in [2.24, 2.45) is 5.73 Å². The van der Waals surface area contributed by atoms with Crippen LogP contribution in [0.15, 0.2) is 22.7 Å². The molecule has 1 aromatic carbocycles. The molecule has 0 aliphatic heterocycles.